The Hall–Kier alpha value is -2.65. The van der Waals surface area contributed by atoms with Crippen molar-refractivity contribution in [1.29, 1.82) is 0 Å². The molecule has 0 bridgehead atoms. The third-order valence-electron chi connectivity index (χ3n) is 5.10. The van der Waals surface area contributed by atoms with Crippen molar-refractivity contribution in [1.82, 2.24) is 9.97 Å². The highest BCUT2D eigenvalue weighted by molar-refractivity contribution is 7.10. The second-order valence-corrected chi connectivity index (χ2v) is 8.00. The van der Waals surface area contributed by atoms with Gasteiger partial charge >= 0.3 is 0 Å². The summed E-state index contributed by atoms with van der Waals surface area (Å²) in [5.74, 6) is -1.91. The predicted octanol–water partition coefficient (Wildman–Crippen LogP) is 4.81. The fourth-order valence-corrected chi connectivity index (χ4v) is 4.23. The third-order valence-corrected chi connectivity index (χ3v) is 6.01. The van der Waals surface area contributed by atoms with Crippen LogP contribution >= 0.6 is 11.3 Å². The van der Waals surface area contributed by atoms with Crippen molar-refractivity contribution < 1.29 is 13.5 Å². The lowest BCUT2D eigenvalue weighted by Crippen LogP contribution is -2.27. The highest BCUT2D eigenvalue weighted by atomic mass is 32.1. The van der Waals surface area contributed by atoms with Gasteiger partial charge in [-0.15, -0.1) is 11.3 Å². The molecule has 0 amide bonds. The van der Waals surface area contributed by atoms with E-state index in [2.05, 4.69) is 9.97 Å². The zero-order chi connectivity index (χ0) is 21.3. The maximum atomic E-state index is 14.9. The molecule has 0 aliphatic carbocycles. The third kappa shape index (κ3) is 3.87. The fourth-order valence-electron chi connectivity index (χ4n) is 3.41. The molecule has 0 spiro atoms. The predicted molar refractivity (Wildman–Crippen MR) is 115 cm³/mol. The Labute approximate surface area is 176 Å². The molecule has 0 saturated heterocycles. The molecule has 2 heterocycles. The average Bonchev–Trinajstić information content (AvgIpc) is 3.42. The number of nitrogens with zero attached hydrogens (tertiary/aromatic N) is 1. The molecule has 2 aromatic heterocycles. The number of ether oxygens (including phenoxy) is 1. The molecule has 0 saturated carbocycles. The number of rotatable bonds is 7. The molecule has 4 rings (SSSR count). The molecule has 5 nitrogen and oxygen atoms in total. The number of benzene rings is 2. The lowest BCUT2D eigenvalue weighted by Gasteiger charge is -2.22. The Morgan fingerprint density at radius 3 is 2.73 bits per heavy atom. The molecule has 5 N–H and O–H groups in total. The Morgan fingerprint density at radius 1 is 1.10 bits per heavy atom. The number of aromatic nitrogens is 2. The summed E-state index contributed by atoms with van der Waals surface area (Å²) in [7, 11) is 0. The summed E-state index contributed by atoms with van der Waals surface area (Å²) in [6.07, 6.45) is 1.58. The van der Waals surface area contributed by atoms with Gasteiger partial charge in [0, 0.05) is 28.7 Å². The van der Waals surface area contributed by atoms with Crippen LogP contribution in [0, 0.1) is 11.6 Å². The summed E-state index contributed by atoms with van der Waals surface area (Å²) in [6.45, 7) is 2.95. The van der Waals surface area contributed by atoms with Crippen molar-refractivity contribution in [2.45, 2.75) is 25.6 Å². The second-order valence-electron chi connectivity index (χ2n) is 7.00. The van der Waals surface area contributed by atoms with Gasteiger partial charge in [0.2, 0.25) is 0 Å². The monoisotopic (exact) mass is 428 g/mol. The molecule has 2 unspecified atom stereocenters. The summed E-state index contributed by atoms with van der Waals surface area (Å²) >= 11 is 1.45. The van der Waals surface area contributed by atoms with Gasteiger partial charge in [-0.25, -0.2) is 13.8 Å². The van der Waals surface area contributed by atoms with E-state index >= 15 is 0 Å². The summed E-state index contributed by atoms with van der Waals surface area (Å²) in [5, 5.41) is 1.79. The smallest absolute Gasteiger partial charge is 0.167 e. The van der Waals surface area contributed by atoms with Crippen molar-refractivity contribution in [3.05, 3.63) is 75.7 Å². The minimum absolute atomic E-state index is 0.0400. The molecular formula is C22H22F2N4OS. The number of halogens is 2. The van der Waals surface area contributed by atoms with Gasteiger partial charge < -0.3 is 21.2 Å². The number of hydrogen-bond donors (Lipinski definition) is 3. The van der Waals surface area contributed by atoms with Crippen molar-refractivity contribution in [3.63, 3.8) is 0 Å². The standard InChI is InChI=1S/C22H22F2N4OS/c1-2-29-9-14-7-13(10-30-14)15-4-5-16(20(24)19(15)23)22(26)21(25)12-3-6-17-18(8-12)28-11-27-17/h3-8,10-11,21-22H,2,9,25-26H2,1H3,(H,27,28). The SMILES string of the molecule is CCOCc1cc(-c2ccc(C(N)C(N)c3ccc4nc[nH]c4c3)c(F)c2F)cs1. The van der Waals surface area contributed by atoms with E-state index in [1.807, 2.05) is 25.1 Å². The van der Waals surface area contributed by atoms with Crippen LogP contribution in [-0.2, 0) is 11.3 Å². The van der Waals surface area contributed by atoms with Gasteiger partial charge in [-0.3, -0.25) is 0 Å². The lowest BCUT2D eigenvalue weighted by molar-refractivity contribution is 0.136. The summed E-state index contributed by atoms with van der Waals surface area (Å²) in [5.41, 5.74) is 15.7. The van der Waals surface area contributed by atoms with Crippen LogP contribution < -0.4 is 11.5 Å². The first-order valence-corrected chi connectivity index (χ1v) is 10.4. The largest absolute Gasteiger partial charge is 0.376 e. The van der Waals surface area contributed by atoms with Gasteiger partial charge in [-0.05, 0) is 41.6 Å². The Morgan fingerprint density at radius 2 is 1.93 bits per heavy atom. The van der Waals surface area contributed by atoms with Crippen LogP contribution in [0.2, 0.25) is 0 Å². The second kappa shape index (κ2) is 8.61. The molecule has 0 aliphatic heterocycles. The van der Waals surface area contributed by atoms with Gasteiger partial charge in [0.1, 0.15) is 0 Å². The van der Waals surface area contributed by atoms with Crippen LogP contribution in [0.25, 0.3) is 22.2 Å². The Kier molecular flexibility index (Phi) is 5.92. The zero-order valence-electron chi connectivity index (χ0n) is 16.4. The van der Waals surface area contributed by atoms with Crippen LogP contribution in [0.15, 0.2) is 48.1 Å². The molecule has 2 aromatic carbocycles. The van der Waals surface area contributed by atoms with Crippen LogP contribution in [0.3, 0.4) is 0 Å². The van der Waals surface area contributed by atoms with E-state index in [4.69, 9.17) is 16.2 Å². The van der Waals surface area contributed by atoms with Gasteiger partial charge in [0.15, 0.2) is 11.6 Å². The maximum Gasteiger partial charge on any atom is 0.167 e. The van der Waals surface area contributed by atoms with E-state index < -0.39 is 23.7 Å². The van der Waals surface area contributed by atoms with Crippen LogP contribution in [0.4, 0.5) is 8.78 Å². The molecule has 4 aromatic rings. The molecule has 8 heteroatoms. The molecule has 30 heavy (non-hydrogen) atoms. The number of hydrogen-bond acceptors (Lipinski definition) is 5. The van der Waals surface area contributed by atoms with Crippen molar-refractivity contribution >= 4 is 22.4 Å². The van der Waals surface area contributed by atoms with Crippen molar-refractivity contribution in [2.24, 2.45) is 11.5 Å². The first kappa shape index (κ1) is 20.6. The summed E-state index contributed by atoms with van der Waals surface area (Å²) < 4.78 is 35.2. The molecule has 0 aliphatic rings. The molecular weight excluding hydrogens is 406 g/mol. The number of H-pyrrole nitrogens is 1. The normalized spacial score (nSPS) is 13.6. The van der Waals surface area contributed by atoms with E-state index in [0.29, 0.717) is 24.3 Å². The first-order valence-electron chi connectivity index (χ1n) is 9.57. The highest BCUT2D eigenvalue weighted by Crippen LogP contribution is 2.34. The average molecular weight is 429 g/mol. The van der Waals surface area contributed by atoms with Gasteiger partial charge in [-0.1, -0.05) is 18.2 Å². The minimum Gasteiger partial charge on any atom is -0.376 e. The number of nitrogens with two attached hydrogens (primary N) is 2. The van der Waals surface area contributed by atoms with Crippen molar-refractivity contribution in [2.75, 3.05) is 6.61 Å². The quantitative estimate of drug-likeness (QED) is 0.394. The summed E-state index contributed by atoms with van der Waals surface area (Å²) in [4.78, 5) is 8.11. The van der Waals surface area contributed by atoms with E-state index in [-0.39, 0.29) is 11.1 Å². The first-order chi connectivity index (χ1) is 14.5. The Balaban J connectivity index is 1.61. The summed E-state index contributed by atoms with van der Waals surface area (Å²) in [6, 6.07) is 8.66. The van der Waals surface area contributed by atoms with Gasteiger partial charge in [-0.2, -0.15) is 0 Å². The van der Waals surface area contributed by atoms with Gasteiger partial charge in [0.05, 0.1) is 30.0 Å². The van der Waals surface area contributed by atoms with Crippen molar-refractivity contribution in [3.8, 4) is 11.1 Å². The van der Waals surface area contributed by atoms with Crippen LogP contribution in [0.1, 0.15) is 35.0 Å². The molecule has 0 radical (unpaired) electrons. The Bertz CT molecular complexity index is 1170. The topological polar surface area (TPSA) is 89.9 Å². The number of fused-ring (bicyclic) bond motifs is 1. The van der Waals surface area contributed by atoms with E-state index in [9.17, 15) is 8.78 Å². The zero-order valence-corrected chi connectivity index (χ0v) is 17.2. The fraction of sp³-hybridized carbons (Fsp3) is 0.227. The lowest BCUT2D eigenvalue weighted by atomic mass is 9.92. The number of imidazole rings is 1. The number of thiophene rings is 1. The number of nitrogens with one attached hydrogen (secondary N) is 1. The number of aromatic amines is 1. The highest BCUT2D eigenvalue weighted by Gasteiger charge is 2.24. The molecule has 0 fully saturated rings. The van der Waals surface area contributed by atoms with Crippen LogP contribution in [-0.4, -0.2) is 16.6 Å². The molecule has 156 valence electrons. The van der Waals surface area contributed by atoms with Gasteiger partial charge in [0.25, 0.3) is 0 Å². The van der Waals surface area contributed by atoms with Crippen LogP contribution in [0.5, 0.6) is 0 Å². The molecule has 2 atom stereocenters. The van der Waals surface area contributed by atoms with E-state index in [1.165, 1.54) is 17.4 Å². The van der Waals surface area contributed by atoms with E-state index in [1.54, 1.807) is 23.8 Å². The minimum atomic E-state index is -0.976. The van der Waals surface area contributed by atoms with E-state index in [0.717, 1.165) is 15.9 Å². The maximum absolute atomic E-state index is 14.9.